The Bertz CT molecular complexity index is 2970. The third-order valence-electron chi connectivity index (χ3n) is 10.2. The molecular formula is C41H30O27. The molecule has 0 bridgehead atoms. The second kappa shape index (κ2) is 17.1. The monoisotopic (exact) mass is 954 g/mol. The average molecular weight is 955 g/mol. The van der Waals surface area contributed by atoms with Gasteiger partial charge in [0.15, 0.2) is 87.8 Å². The molecule has 2 aliphatic heterocycles. The van der Waals surface area contributed by atoms with E-state index in [0.29, 0.717) is 42.5 Å². The molecule has 0 saturated carbocycles. The van der Waals surface area contributed by atoms with E-state index < -0.39 is 198 Å². The molecule has 5 atom stereocenters. The van der Waals surface area contributed by atoms with E-state index in [-0.39, 0.29) is 0 Å². The Morgan fingerprint density at radius 1 is 0.529 bits per heavy atom. The predicted molar refractivity (Wildman–Crippen MR) is 210 cm³/mol. The van der Waals surface area contributed by atoms with Crippen LogP contribution in [0.3, 0.4) is 0 Å². The number of aromatic carboxylic acids is 1. The van der Waals surface area contributed by atoms with Gasteiger partial charge in [0.2, 0.25) is 28.7 Å². The smallest absolute Gasteiger partial charge is 0.339 e. The fraction of sp³-hybridized carbons (Fsp3) is 0.146. The SMILES string of the molecule is O=C(O[C@@H]1[C@@H](OC(=O)c2cc(O)c(O)c(O)c2)[C@H](O)O[C@@H]2COC(=O)c3cc(O)c(O)c(O)c3-c3c(cc(O)c(O)c3O)C(=O)O[C@@H]12)c1cc(O)c(O)c(Oc2c(C(=O)O)cc(O)c(O)c2O)c1. The van der Waals surface area contributed by atoms with Gasteiger partial charge >= 0.3 is 29.8 Å². The third kappa shape index (κ3) is 7.96. The van der Waals surface area contributed by atoms with Crippen molar-refractivity contribution in [2.45, 2.75) is 30.7 Å². The van der Waals surface area contributed by atoms with Crippen molar-refractivity contribution in [3.05, 3.63) is 70.3 Å². The number of cyclic esters (lactones) is 1. The van der Waals surface area contributed by atoms with E-state index in [2.05, 4.69) is 0 Å². The van der Waals surface area contributed by atoms with Gasteiger partial charge in [0.1, 0.15) is 18.3 Å². The number of carboxylic acid groups (broad SMARTS) is 1. The van der Waals surface area contributed by atoms with Gasteiger partial charge in [-0.05, 0) is 36.4 Å². The number of phenols is 14. The van der Waals surface area contributed by atoms with Crippen molar-refractivity contribution >= 4 is 29.8 Å². The van der Waals surface area contributed by atoms with Crippen LogP contribution in [0, 0.1) is 0 Å². The molecule has 7 rings (SSSR count). The quantitative estimate of drug-likeness (QED) is 0.0625. The Labute approximate surface area is 374 Å². The number of aromatic hydroxyl groups is 14. The van der Waals surface area contributed by atoms with Gasteiger partial charge in [0, 0.05) is 17.2 Å². The van der Waals surface area contributed by atoms with Gasteiger partial charge < -0.3 is 110 Å². The summed E-state index contributed by atoms with van der Waals surface area (Å²) in [5.74, 6) is -28.6. The topological polar surface area (TPSA) is 464 Å². The number of esters is 4. The molecule has 1 fully saturated rings. The lowest BCUT2D eigenvalue weighted by Gasteiger charge is -2.42. The van der Waals surface area contributed by atoms with Gasteiger partial charge in [0.05, 0.1) is 22.3 Å². The number of hydrogen-bond donors (Lipinski definition) is 16. The minimum absolute atomic E-state index is 0.404. The van der Waals surface area contributed by atoms with Gasteiger partial charge in [0.25, 0.3) is 0 Å². The first-order chi connectivity index (χ1) is 31.9. The molecule has 0 aliphatic carbocycles. The van der Waals surface area contributed by atoms with Crippen molar-refractivity contribution in [1.82, 2.24) is 0 Å². The maximum Gasteiger partial charge on any atom is 0.339 e. The second-order valence-electron chi connectivity index (χ2n) is 14.4. The summed E-state index contributed by atoms with van der Waals surface area (Å²) in [5.41, 5.74) is -6.91. The lowest BCUT2D eigenvalue weighted by Crippen LogP contribution is -2.62. The van der Waals surface area contributed by atoms with E-state index >= 15 is 0 Å². The minimum atomic E-state index is -2.55. The summed E-state index contributed by atoms with van der Waals surface area (Å²) in [7, 11) is 0. The number of benzene rings is 5. The summed E-state index contributed by atoms with van der Waals surface area (Å²) < 4.78 is 32.5. The first-order valence-corrected chi connectivity index (χ1v) is 18.6. The number of fused-ring (bicyclic) bond motifs is 4. The molecule has 0 aromatic heterocycles. The van der Waals surface area contributed by atoms with Gasteiger partial charge in [-0.1, -0.05) is 0 Å². The van der Waals surface area contributed by atoms with Crippen molar-refractivity contribution in [3.8, 4) is 103 Å². The van der Waals surface area contributed by atoms with E-state index in [1.165, 1.54) is 0 Å². The highest BCUT2D eigenvalue weighted by Crippen LogP contribution is 2.54. The number of rotatable bonds is 7. The number of hydrogen-bond acceptors (Lipinski definition) is 26. The van der Waals surface area contributed by atoms with Crippen LogP contribution in [0.2, 0.25) is 0 Å². The lowest BCUT2D eigenvalue weighted by molar-refractivity contribution is -0.284. The highest BCUT2D eigenvalue weighted by atomic mass is 16.7. The lowest BCUT2D eigenvalue weighted by atomic mass is 9.92. The Hall–Kier alpha value is -9.63. The fourth-order valence-corrected chi connectivity index (χ4v) is 6.86. The molecule has 5 aromatic rings. The van der Waals surface area contributed by atoms with Crippen LogP contribution in [0.5, 0.6) is 92.0 Å². The molecule has 0 unspecified atom stereocenters. The van der Waals surface area contributed by atoms with E-state index in [9.17, 15) is 106 Å². The van der Waals surface area contributed by atoms with Crippen LogP contribution in [-0.2, 0) is 23.7 Å². The molecule has 27 heteroatoms. The van der Waals surface area contributed by atoms with Crippen molar-refractivity contribution in [2.24, 2.45) is 0 Å². The highest BCUT2D eigenvalue weighted by molar-refractivity contribution is 6.08. The van der Waals surface area contributed by atoms with Crippen molar-refractivity contribution in [1.29, 1.82) is 0 Å². The number of ether oxygens (including phenoxy) is 6. The maximum absolute atomic E-state index is 14.3. The first kappa shape index (κ1) is 46.4. The Balaban J connectivity index is 1.37. The summed E-state index contributed by atoms with van der Waals surface area (Å²) in [6.07, 6.45) is -12.0. The summed E-state index contributed by atoms with van der Waals surface area (Å²) in [6, 6.07) is 3.39. The summed E-state index contributed by atoms with van der Waals surface area (Å²) in [5, 5.41) is 166. The third-order valence-corrected chi connectivity index (χ3v) is 10.2. The first-order valence-electron chi connectivity index (χ1n) is 18.6. The van der Waals surface area contributed by atoms with Gasteiger partial charge in [-0.15, -0.1) is 0 Å². The van der Waals surface area contributed by atoms with E-state index in [0.717, 1.165) is 0 Å². The standard InChI is InChI=1S/C41H30O27/c42-14-1-9(2-15(43)24(14)48)37(58)68-35-34(67-38(59)10-3-16(44)25(49)20(4-10)64-32-13(36(56)57)7-19(47)28(52)31(32)55)33-21(65-41(35)62)8-63-39(60)11-5-17(45)26(50)29(53)22(11)23-12(40(61)66-33)6-18(46)27(51)30(23)54/h1-7,21,33-35,41-55,62H,8H2,(H,56,57)/t21-,33-,34+,35-,41-/m1/s1. The predicted octanol–water partition coefficient (Wildman–Crippen LogP) is 1.59. The van der Waals surface area contributed by atoms with Gasteiger partial charge in [-0.25, -0.2) is 24.0 Å². The zero-order valence-corrected chi connectivity index (χ0v) is 33.3. The van der Waals surface area contributed by atoms with Crippen molar-refractivity contribution in [2.75, 3.05) is 6.61 Å². The summed E-state index contributed by atoms with van der Waals surface area (Å²) >= 11 is 0. The van der Waals surface area contributed by atoms with Crippen LogP contribution >= 0.6 is 0 Å². The maximum atomic E-state index is 14.3. The molecule has 5 aromatic carbocycles. The van der Waals surface area contributed by atoms with Crippen LogP contribution in [0.15, 0.2) is 42.5 Å². The number of aliphatic hydroxyl groups is 1. The molecule has 2 aliphatic rings. The molecule has 68 heavy (non-hydrogen) atoms. The highest BCUT2D eigenvalue weighted by Gasteiger charge is 2.53. The number of carboxylic acids is 1. The molecule has 0 spiro atoms. The molecule has 0 amide bonds. The molecule has 0 radical (unpaired) electrons. The van der Waals surface area contributed by atoms with Crippen LogP contribution < -0.4 is 4.74 Å². The normalized spacial score (nSPS) is 18.9. The summed E-state index contributed by atoms with van der Waals surface area (Å²) in [6.45, 7) is -1.20. The van der Waals surface area contributed by atoms with Crippen LogP contribution in [0.1, 0.15) is 51.8 Å². The Kier molecular flexibility index (Phi) is 11.6. The minimum Gasteiger partial charge on any atom is -0.504 e. The Morgan fingerprint density at radius 2 is 0.985 bits per heavy atom. The van der Waals surface area contributed by atoms with Crippen LogP contribution in [-0.4, -0.2) is 149 Å². The molecule has 1 saturated heterocycles. The van der Waals surface area contributed by atoms with Gasteiger partial charge in [-0.3, -0.25) is 0 Å². The molecule has 16 N–H and O–H groups in total. The molecular weight excluding hydrogens is 924 g/mol. The average Bonchev–Trinajstić information content (AvgIpc) is 3.29. The van der Waals surface area contributed by atoms with Crippen LogP contribution in [0.4, 0.5) is 0 Å². The number of carbonyl (C=O) groups is 5. The van der Waals surface area contributed by atoms with E-state index in [1.54, 1.807) is 0 Å². The summed E-state index contributed by atoms with van der Waals surface area (Å²) in [4.78, 5) is 67.5. The zero-order chi connectivity index (χ0) is 50.0. The largest absolute Gasteiger partial charge is 0.504 e. The van der Waals surface area contributed by atoms with E-state index in [1.807, 2.05) is 0 Å². The fourth-order valence-electron chi connectivity index (χ4n) is 6.86. The number of aliphatic hydroxyl groups excluding tert-OH is 1. The Morgan fingerprint density at radius 3 is 1.53 bits per heavy atom. The van der Waals surface area contributed by atoms with Crippen molar-refractivity contribution < 1.29 is 134 Å². The molecule has 27 nitrogen and oxygen atoms in total. The van der Waals surface area contributed by atoms with E-state index in [4.69, 9.17) is 28.4 Å². The van der Waals surface area contributed by atoms with Gasteiger partial charge in [-0.2, -0.15) is 0 Å². The molecule has 356 valence electrons. The van der Waals surface area contributed by atoms with Crippen LogP contribution in [0.25, 0.3) is 11.1 Å². The number of phenolic OH excluding ortho intramolecular Hbond substituents is 14. The molecule has 2 heterocycles. The number of carbonyl (C=O) groups excluding carboxylic acids is 4. The van der Waals surface area contributed by atoms with Crippen molar-refractivity contribution in [3.63, 3.8) is 0 Å². The zero-order valence-electron chi connectivity index (χ0n) is 33.3. The second-order valence-corrected chi connectivity index (χ2v) is 14.4.